The molecule has 0 amide bonds. The third-order valence-corrected chi connectivity index (χ3v) is 4.73. The molecule has 2 aliphatic rings. The number of phenolic OH excluding ortho intramolecular Hbond substituents is 1. The van der Waals surface area contributed by atoms with E-state index in [4.69, 9.17) is 11.6 Å². The monoisotopic (exact) mass is 251 g/mol. The maximum Gasteiger partial charge on any atom is 0.121 e. The van der Waals surface area contributed by atoms with Gasteiger partial charge < -0.3 is 10.4 Å². The van der Waals surface area contributed by atoms with Crippen molar-refractivity contribution in [3.8, 4) is 5.75 Å². The van der Waals surface area contributed by atoms with Crippen LogP contribution in [0, 0.1) is 11.8 Å². The molecule has 2 nitrogen and oxygen atoms in total. The number of halogens is 1. The summed E-state index contributed by atoms with van der Waals surface area (Å²) in [6.07, 6.45) is 5.49. The fourth-order valence-electron chi connectivity index (χ4n) is 3.45. The minimum atomic E-state index is 0.299. The van der Waals surface area contributed by atoms with Crippen LogP contribution in [0.3, 0.4) is 0 Å². The lowest BCUT2D eigenvalue weighted by molar-refractivity contribution is 0.348. The van der Waals surface area contributed by atoms with E-state index in [2.05, 4.69) is 5.32 Å². The molecule has 2 bridgehead atoms. The smallest absolute Gasteiger partial charge is 0.121 e. The molecule has 92 valence electrons. The molecule has 2 fully saturated rings. The van der Waals surface area contributed by atoms with Crippen LogP contribution in [0.1, 0.15) is 31.2 Å². The van der Waals surface area contributed by atoms with Crippen molar-refractivity contribution in [1.82, 2.24) is 5.32 Å². The number of nitrogens with one attached hydrogen (secondary N) is 1. The molecule has 0 saturated heterocycles. The van der Waals surface area contributed by atoms with Gasteiger partial charge in [-0.25, -0.2) is 0 Å². The Balaban J connectivity index is 1.64. The van der Waals surface area contributed by atoms with Crippen LogP contribution in [-0.2, 0) is 6.54 Å². The molecule has 0 aliphatic heterocycles. The van der Waals surface area contributed by atoms with Crippen molar-refractivity contribution >= 4 is 11.6 Å². The molecule has 3 unspecified atom stereocenters. The van der Waals surface area contributed by atoms with E-state index in [9.17, 15) is 5.11 Å². The molecule has 1 aromatic rings. The summed E-state index contributed by atoms with van der Waals surface area (Å²) in [6, 6.07) is 5.94. The lowest BCUT2D eigenvalue weighted by atomic mass is 9.95. The molecule has 1 aromatic carbocycles. The van der Waals surface area contributed by atoms with Crippen LogP contribution in [0.15, 0.2) is 18.2 Å². The van der Waals surface area contributed by atoms with Crippen molar-refractivity contribution < 1.29 is 5.11 Å². The highest BCUT2D eigenvalue weighted by molar-refractivity contribution is 6.31. The van der Waals surface area contributed by atoms with Crippen molar-refractivity contribution in [2.75, 3.05) is 0 Å². The van der Waals surface area contributed by atoms with Gasteiger partial charge in [-0.15, -0.1) is 0 Å². The maximum atomic E-state index is 9.77. The minimum Gasteiger partial charge on any atom is -0.508 e. The summed E-state index contributed by atoms with van der Waals surface area (Å²) in [5.74, 6) is 2.09. The summed E-state index contributed by atoms with van der Waals surface area (Å²) >= 11 is 6.09. The van der Waals surface area contributed by atoms with Crippen LogP contribution in [-0.4, -0.2) is 11.1 Å². The number of benzene rings is 1. The van der Waals surface area contributed by atoms with Gasteiger partial charge in [0.05, 0.1) is 0 Å². The van der Waals surface area contributed by atoms with Gasteiger partial charge in [-0.05, 0) is 43.2 Å². The third kappa shape index (κ3) is 2.16. The van der Waals surface area contributed by atoms with Crippen LogP contribution in [0.2, 0.25) is 5.02 Å². The Hall–Kier alpha value is -0.730. The SMILES string of the molecule is Oc1cccc(Cl)c1CNC1CC2CCC1C2. The predicted molar refractivity (Wildman–Crippen MR) is 69.2 cm³/mol. The Bertz CT molecular complexity index is 400. The first-order valence-corrected chi connectivity index (χ1v) is 6.81. The molecule has 0 aromatic heterocycles. The minimum absolute atomic E-state index is 0.299. The number of phenols is 1. The van der Waals surface area contributed by atoms with Crippen LogP contribution in [0.4, 0.5) is 0 Å². The Kier molecular flexibility index (Phi) is 3.01. The Morgan fingerprint density at radius 2 is 2.18 bits per heavy atom. The second-order valence-electron chi connectivity index (χ2n) is 5.40. The van der Waals surface area contributed by atoms with Gasteiger partial charge in [0.2, 0.25) is 0 Å². The van der Waals surface area contributed by atoms with Gasteiger partial charge in [0, 0.05) is 23.2 Å². The van der Waals surface area contributed by atoms with Gasteiger partial charge in [-0.3, -0.25) is 0 Å². The van der Waals surface area contributed by atoms with E-state index >= 15 is 0 Å². The Morgan fingerprint density at radius 3 is 2.82 bits per heavy atom. The maximum absolute atomic E-state index is 9.77. The topological polar surface area (TPSA) is 32.3 Å². The van der Waals surface area contributed by atoms with E-state index in [-0.39, 0.29) is 0 Å². The molecule has 0 spiro atoms. The van der Waals surface area contributed by atoms with E-state index in [1.54, 1.807) is 12.1 Å². The summed E-state index contributed by atoms with van der Waals surface area (Å²) in [4.78, 5) is 0. The predicted octanol–water partition coefficient (Wildman–Crippen LogP) is 3.32. The van der Waals surface area contributed by atoms with Crippen molar-refractivity contribution in [1.29, 1.82) is 0 Å². The highest BCUT2D eigenvalue weighted by Gasteiger charge is 2.39. The van der Waals surface area contributed by atoms with E-state index in [1.807, 2.05) is 6.07 Å². The molecule has 2 N–H and O–H groups in total. The fraction of sp³-hybridized carbons (Fsp3) is 0.571. The van der Waals surface area contributed by atoms with E-state index in [1.165, 1.54) is 25.7 Å². The average Bonchev–Trinajstić information content (AvgIpc) is 2.90. The molecule has 2 saturated carbocycles. The van der Waals surface area contributed by atoms with Crippen LogP contribution >= 0.6 is 11.6 Å². The fourth-order valence-corrected chi connectivity index (χ4v) is 3.69. The third-order valence-electron chi connectivity index (χ3n) is 4.37. The van der Waals surface area contributed by atoms with Gasteiger partial charge >= 0.3 is 0 Å². The van der Waals surface area contributed by atoms with Crippen molar-refractivity contribution in [3.05, 3.63) is 28.8 Å². The van der Waals surface area contributed by atoms with Crippen LogP contribution in [0.5, 0.6) is 5.75 Å². The number of fused-ring (bicyclic) bond motifs is 2. The van der Waals surface area contributed by atoms with Crippen LogP contribution < -0.4 is 5.32 Å². The standard InChI is InChI=1S/C14H18ClNO/c15-12-2-1-3-14(17)11(12)8-16-13-7-9-4-5-10(13)6-9/h1-3,9-10,13,16-17H,4-8H2. The Labute approximate surface area is 107 Å². The highest BCUT2D eigenvalue weighted by Crippen LogP contribution is 2.44. The zero-order valence-corrected chi connectivity index (χ0v) is 10.6. The first-order valence-electron chi connectivity index (χ1n) is 6.44. The first-order chi connectivity index (χ1) is 8.24. The number of aromatic hydroxyl groups is 1. The summed E-state index contributed by atoms with van der Waals surface area (Å²) in [5.41, 5.74) is 0.831. The zero-order chi connectivity index (χ0) is 11.8. The van der Waals surface area contributed by atoms with E-state index < -0.39 is 0 Å². The summed E-state index contributed by atoms with van der Waals surface area (Å²) < 4.78 is 0. The summed E-state index contributed by atoms with van der Waals surface area (Å²) in [7, 11) is 0. The molecule has 17 heavy (non-hydrogen) atoms. The van der Waals surface area contributed by atoms with E-state index in [0.29, 0.717) is 23.4 Å². The normalized spacial score (nSPS) is 31.0. The molecular formula is C14H18ClNO. The number of hydrogen-bond donors (Lipinski definition) is 2. The van der Waals surface area contributed by atoms with Gasteiger partial charge in [0.25, 0.3) is 0 Å². The van der Waals surface area contributed by atoms with Crippen LogP contribution in [0.25, 0.3) is 0 Å². The molecule has 3 atom stereocenters. The number of rotatable bonds is 3. The molecule has 0 heterocycles. The first kappa shape index (κ1) is 11.4. The quantitative estimate of drug-likeness (QED) is 0.864. The van der Waals surface area contributed by atoms with Gasteiger partial charge in [0.1, 0.15) is 5.75 Å². The molecule has 2 aliphatic carbocycles. The largest absolute Gasteiger partial charge is 0.508 e. The van der Waals surface area contributed by atoms with Crippen molar-refractivity contribution in [3.63, 3.8) is 0 Å². The molecular weight excluding hydrogens is 234 g/mol. The Morgan fingerprint density at radius 1 is 1.29 bits per heavy atom. The van der Waals surface area contributed by atoms with Crippen molar-refractivity contribution in [2.24, 2.45) is 11.8 Å². The number of hydrogen-bond acceptors (Lipinski definition) is 2. The molecule has 3 rings (SSSR count). The second kappa shape index (κ2) is 4.51. The van der Waals surface area contributed by atoms with Gasteiger partial charge in [-0.2, -0.15) is 0 Å². The average molecular weight is 252 g/mol. The lowest BCUT2D eigenvalue weighted by Crippen LogP contribution is -2.33. The van der Waals surface area contributed by atoms with Gasteiger partial charge in [-0.1, -0.05) is 24.1 Å². The zero-order valence-electron chi connectivity index (χ0n) is 9.82. The highest BCUT2D eigenvalue weighted by atomic mass is 35.5. The summed E-state index contributed by atoms with van der Waals surface area (Å²) in [5, 5.41) is 14.0. The van der Waals surface area contributed by atoms with E-state index in [0.717, 1.165) is 17.4 Å². The summed E-state index contributed by atoms with van der Waals surface area (Å²) in [6.45, 7) is 0.680. The molecule has 3 heteroatoms. The lowest BCUT2D eigenvalue weighted by Gasteiger charge is -2.23. The second-order valence-corrected chi connectivity index (χ2v) is 5.81. The molecule has 0 radical (unpaired) electrons. The van der Waals surface area contributed by atoms with Crippen molar-refractivity contribution in [2.45, 2.75) is 38.3 Å². The van der Waals surface area contributed by atoms with Gasteiger partial charge in [0.15, 0.2) is 0 Å².